The van der Waals surface area contributed by atoms with Gasteiger partial charge in [0.15, 0.2) is 11.5 Å². The fourth-order valence-electron chi connectivity index (χ4n) is 3.92. The molecule has 1 aliphatic rings. The lowest BCUT2D eigenvalue weighted by Crippen LogP contribution is -2.31. The Hall–Kier alpha value is -3.93. The van der Waals surface area contributed by atoms with Crippen molar-refractivity contribution in [1.29, 1.82) is 0 Å². The monoisotopic (exact) mass is 428 g/mol. The van der Waals surface area contributed by atoms with Crippen molar-refractivity contribution in [3.8, 4) is 5.75 Å². The van der Waals surface area contributed by atoms with Crippen molar-refractivity contribution in [2.24, 2.45) is 0 Å². The molecular formula is C26H24N2O4. The van der Waals surface area contributed by atoms with E-state index in [9.17, 15) is 14.7 Å². The van der Waals surface area contributed by atoms with Gasteiger partial charge in [0, 0.05) is 24.5 Å². The molecule has 0 bridgehead atoms. The number of aryl methyl sites for hydroxylation is 1. The molecule has 162 valence electrons. The number of aromatic nitrogens is 1. The molecule has 1 atom stereocenters. The molecular weight excluding hydrogens is 404 g/mol. The lowest BCUT2D eigenvalue weighted by molar-refractivity contribution is -0.118. The molecule has 0 saturated carbocycles. The second kappa shape index (κ2) is 9.47. The topological polar surface area (TPSA) is 79.7 Å². The smallest absolute Gasteiger partial charge is 0.294 e. The van der Waals surface area contributed by atoms with Gasteiger partial charge in [0.25, 0.3) is 5.91 Å². The Morgan fingerprint density at radius 3 is 2.38 bits per heavy atom. The van der Waals surface area contributed by atoms with Gasteiger partial charge >= 0.3 is 0 Å². The molecule has 1 amide bonds. The molecule has 1 unspecified atom stereocenters. The molecule has 0 spiro atoms. The van der Waals surface area contributed by atoms with Crippen LogP contribution in [0.3, 0.4) is 0 Å². The molecule has 0 aliphatic carbocycles. The number of anilines is 1. The van der Waals surface area contributed by atoms with Crippen LogP contribution >= 0.6 is 0 Å². The third-order valence-electron chi connectivity index (χ3n) is 5.44. The second-order valence-electron chi connectivity index (χ2n) is 7.46. The summed E-state index contributed by atoms with van der Waals surface area (Å²) >= 11 is 0. The number of ketones is 1. The van der Waals surface area contributed by atoms with E-state index in [4.69, 9.17) is 4.74 Å². The van der Waals surface area contributed by atoms with E-state index in [-0.39, 0.29) is 17.8 Å². The van der Waals surface area contributed by atoms with Crippen molar-refractivity contribution >= 4 is 17.4 Å². The first kappa shape index (κ1) is 21.3. The number of ether oxygens (including phenoxy) is 1. The number of pyridine rings is 1. The van der Waals surface area contributed by atoms with Crippen LogP contribution in [0.4, 0.5) is 5.69 Å². The number of hydrogen-bond donors (Lipinski definition) is 1. The van der Waals surface area contributed by atoms with E-state index in [1.165, 1.54) is 4.90 Å². The third kappa shape index (κ3) is 4.25. The summed E-state index contributed by atoms with van der Waals surface area (Å²) in [6, 6.07) is 19.5. The third-order valence-corrected chi connectivity index (χ3v) is 5.44. The van der Waals surface area contributed by atoms with Crippen LogP contribution in [0.25, 0.3) is 0 Å². The number of rotatable bonds is 8. The van der Waals surface area contributed by atoms with Gasteiger partial charge in [-0.2, -0.15) is 0 Å². The van der Waals surface area contributed by atoms with Gasteiger partial charge in [-0.1, -0.05) is 30.3 Å². The van der Waals surface area contributed by atoms with Crippen LogP contribution in [0.1, 0.15) is 30.5 Å². The minimum absolute atomic E-state index is 0.117. The second-order valence-corrected chi connectivity index (χ2v) is 7.46. The van der Waals surface area contributed by atoms with Gasteiger partial charge in [0.2, 0.25) is 0 Å². The molecule has 1 aromatic heterocycles. The number of amides is 1. The number of hydrogen-bond acceptors (Lipinski definition) is 5. The SMILES string of the molecule is CCOc1ccc(N2C(=O)C(O)=C(C(=O)CCc3ccccc3)C2c2ccncc2)cc1. The van der Waals surface area contributed by atoms with Crippen molar-refractivity contribution < 1.29 is 19.4 Å². The van der Waals surface area contributed by atoms with Crippen LogP contribution in [0.5, 0.6) is 5.75 Å². The molecule has 3 aromatic rings. The van der Waals surface area contributed by atoms with Crippen molar-refractivity contribution in [1.82, 2.24) is 4.98 Å². The highest BCUT2D eigenvalue weighted by molar-refractivity contribution is 6.16. The molecule has 2 heterocycles. The molecule has 1 N–H and O–H groups in total. The van der Waals surface area contributed by atoms with Crippen molar-refractivity contribution in [3.63, 3.8) is 0 Å². The van der Waals surface area contributed by atoms with E-state index in [1.54, 1.807) is 48.8 Å². The molecule has 32 heavy (non-hydrogen) atoms. The van der Waals surface area contributed by atoms with Crippen LogP contribution in [0.15, 0.2) is 90.5 Å². The molecule has 0 saturated heterocycles. The van der Waals surface area contributed by atoms with Crippen LogP contribution in [-0.2, 0) is 16.0 Å². The standard InChI is InChI=1S/C26H24N2O4/c1-2-32-21-11-9-20(10-12-21)28-24(19-14-16-27-17-15-19)23(25(30)26(28)31)22(29)13-8-18-6-4-3-5-7-18/h3-7,9-12,14-17,24,30H,2,8,13H2,1H3. The maximum absolute atomic E-state index is 13.2. The Morgan fingerprint density at radius 2 is 1.72 bits per heavy atom. The average Bonchev–Trinajstić information content (AvgIpc) is 3.10. The van der Waals surface area contributed by atoms with E-state index in [0.717, 1.165) is 5.56 Å². The summed E-state index contributed by atoms with van der Waals surface area (Å²) in [5.41, 5.74) is 2.41. The van der Waals surface area contributed by atoms with E-state index in [2.05, 4.69) is 4.98 Å². The van der Waals surface area contributed by atoms with Gasteiger partial charge in [0.1, 0.15) is 5.75 Å². The molecule has 0 fully saturated rings. The summed E-state index contributed by atoms with van der Waals surface area (Å²) < 4.78 is 5.49. The zero-order chi connectivity index (χ0) is 22.5. The molecule has 6 nitrogen and oxygen atoms in total. The number of aliphatic hydroxyl groups excluding tert-OH is 1. The van der Waals surface area contributed by atoms with Gasteiger partial charge in [-0.25, -0.2) is 0 Å². The Balaban J connectivity index is 1.68. The molecule has 1 aliphatic heterocycles. The van der Waals surface area contributed by atoms with Crippen molar-refractivity contribution in [2.45, 2.75) is 25.8 Å². The lowest BCUT2D eigenvalue weighted by Gasteiger charge is -2.27. The van der Waals surface area contributed by atoms with Gasteiger partial charge < -0.3 is 9.84 Å². The largest absolute Gasteiger partial charge is 0.503 e. The van der Waals surface area contributed by atoms with E-state index >= 15 is 0 Å². The van der Waals surface area contributed by atoms with Crippen LogP contribution in [-0.4, -0.2) is 28.4 Å². The summed E-state index contributed by atoms with van der Waals surface area (Å²) in [6.07, 6.45) is 3.93. The fraction of sp³-hybridized carbons (Fsp3) is 0.192. The van der Waals surface area contributed by atoms with Crippen molar-refractivity contribution in [2.75, 3.05) is 11.5 Å². The summed E-state index contributed by atoms with van der Waals surface area (Å²) in [6.45, 7) is 2.43. The highest BCUT2D eigenvalue weighted by Gasteiger charge is 2.44. The zero-order valence-corrected chi connectivity index (χ0v) is 17.8. The predicted molar refractivity (Wildman–Crippen MR) is 121 cm³/mol. The first-order valence-electron chi connectivity index (χ1n) is 10.6. The number of carbonyl (C=O) groups is 2. The zero-order valence-electron chi connectivity index (χ0n) is 17.8. The summed E-state index contributed by atoms with van der Waals surface area (Å²) in [4.78, 5) is 31.9. The normalized spacial score (nSPS) is 15.8. The van der Waals surface area contributed by atoms with E-state index < -0.39 is 17.7 Å². The number of Topliss-reactive ketones (excluding diaryl/α,β-unsaturated/α-hetero) is 1. The highest BCUT2D eigenvalue weighted by atomic mass is 16.5. The van der Waals surface area contributed by atoms with Gasteiger partial charge in [-0.05, 0) is 60.9 Å². The molecule has 4 rings (SSSR count). The number of benzene rings is 2. The van der Waals surface area contributed by atoms with Crippen LogP contribution < -0.4 is 9.64 Å². The van der Waals surface area contributed by atoms with Gasteiger partial charge in [0.05, 0.1) is 18.2 Å². The maximum Gasteiger partial charge on any atom is 0.294 e. The first-order chi connectivity index (χ1) is 15.6. The summed E-state index contributed by atoms with van der Waals surface area (Å²) in [5.74, 6) is -0.674. The molecule has 2 aromatic carbocycles. The number of aliphatic hydroxyl groups is 1. The molecule has 6 heteroatoms. The molecule has 0 radical (unpaired) electrons. The fourth-order valence-corrected chi connectivity index (χ4v) is 3.92. The Kier molecular flexibility index (Phi) is 6.31. The quantitative estimate of drug-likeness (QED) is 0.568. The van der Waals surface area contributed by atoms with Gasteiger partial charge in [-0.3, -0.25) is 19.5 Å². The summed E-state index contributed by atoms with van der Waals surface area (Å²) in [5, 5.41) is 10.8. The summed E-state index contributed by atoms with van der Waals surface area (Å²) in [7, 11) is 0. The number of carbonyl (C=O) groups excluding carboxylic acids is 2. The minimum Gasteiger partial charge on any atom is -0.503 e. The highest BCUT2D eigenvalue weighted by Crippen LogP contribution is 2.41. The van der Waals surface area contributed by atoms with E-state index in [0.29, 0.717) is 30.0 Å². The van der Waals surface area contributed by atoms with Gasteiger partial charge in [-0.15, -0.1) is 0 Å². The number of nitrogens with zero attached hydrogens (tertiary/aromatic N) is 2. The first-order valence-corrected chi connectivity index (χ1v) is 10.6. The van der Waals surface area contributed by atoms with Crippen LogP contribution in [0, 0.1) is 0 Å². The van der Waals surface area contributed by atoms with Crippen molar-refractivity contribution in [3.05, 3.63) is 102 Å². The van der Waals surface area contributed by atoms with E-state index in [1.807, 2.05) is 37.3 Å². The predicted octanol–water partition coefficient (Wildman–Crippen LogP) is 4.58. The lowest BCUT2D eigenvalue weighted by atomic mass is 9.93. The maximum atomic E-state index is 13.2. The minimum atomic E-state index is -0.730. The average molecular weight is 428 g/mol. The van der Waals surface area contributed by atoms with Crippen LogP contribution in [0.2, 0.25) is 0 Å². The Morgan fingerprint density at radius 1 is 1.03 bits per heavy atom. The Bertz CT molecular complexity index is 1130. The Labute approximate surface area is 186 Å².